The number of alkyl halides is 3. The summed E-state index contributed by atoms with van der Waals surface area (Å²) in [5.74, 6) is -1.72. The van der Waals surface area contributed by atoms with Crippen molar-refractivity contribution in [3.8, 4) is 0 Å². The molecule has 1 aromatic carbocycles. The maximum atomic E-state index is 14.2. The molecule has 1 atom stereocenters. The zero-order chi connectivity index (χ0) is 19.1. The van der Waals surface area contributed by atoms with Gasteiger partial charge in [-0.3, -0.25) is 4.57 Å². The number of benzene rings is 1. The Morgan fingerprint density at radius 3 is 2.77 bits per heavy atom. The molecule has 0 aliphatic carbocycles. The van der Waals surface area contributed by atoms with Crippen LogP contribution < -0.4 is 5.69 Å². The number of methoxy groups -OCH3 is 1. The summed E-state index contributed by atoms with van der Waals surface area (Å²) in [6.07, 6.45) is -3.41. The number of carbonyl (C=O) groups excluding carboxylic acids is 1. The lowest BCUT2D eigenvalue weighted by Gasteiger charge is -2.20. The first-order chi connectivity index (χ1) is 12.2. The van der Waals surface area contributed by atoms with Gasteiger partial charge in [0.05, 0.1) is 19.2 Å². The van der Waals surface area contributed by atoms with Gasteiger partial charge in [-0.05, 0) is 18.9 Å². The van der Waals surface area contributed by atoms with Crippen molar-refractivity contribution in [2.45, 2.75) is 38.0 Å². The van der Waals surface area contributed by atoms with Crippen LogP contribution in [-0.2, 0) is 28.7 Å². The Labute approximate surface area is 145 Å². The Bertz CT molecular complexity index is 901. The van der Waals surface area contributed by atoms with Crippen molar-refractivity contribution in [2.24, 2.45) is 0 Å². The van der Waals surface area contributed by atoms with Crippen LogP contribution in [0.2, 0.25) is 0 Å². The van der Waals surface area contributed by atoms with E-state index in [4.69, 9.17) is 0 Å². The summed E-state index contributed by atoms with van der Waals surface area (Å²) in [4.78, 5) is 24.4. The van der Waals surface area contributed by atoms with E-state index in [2.05, 4.69) is 9.84 Å². The highest BCUT2D eigenvalue weighted by Crippen LogP contribution is 2.32. The van der Waals surface area contributed by atoms with Gasteiger partial charge in [0.1, 0.15) is 17.7 Å². The molecular formula is C16H15F4N3O3. The number of hydrogen-bond donors (Lipinski definition) is 0. The van der Waals surface area contributed by atoms with Crippen LogP contribution in [0, 0.1) is 5.82 Å². The standard InChI is InChI=1S/C16H15F4N3O3/c1-26-14(24)11-6-3-7-12-21-22(15(25)23(11)12)8-9-4-2-5-10(13(9)17)16(18,19)20/h2,4-5,11H,3,6-8H2,1H3/t11-/m1/s1. The van der Waals surface area contributed by atoms with E-state index in [1.165, 1.54) is 11.7 Å². The summed E-state index contributed by atoms with van der Waals surface area (Å²) in [6.45, 7) is -0.470. The number of fused-ring (bicyclic) bond motifs is 1. The summed E-state index contributed by atoms with van der Waals surface area (Å²) in [5, 5.41) is 4.06. The fourth-order valence-corrected chi connectivity index (χ4v) is 3.08. The number of carbonyl (C=O) groups is 1. The number of esters is 1. The normalized spacial score (nSPS) is 17.0. The molecule has 0 bridgehead atoms. The smallest absolute Gasteiger partial charge is 0.419 e. The van der Waals surface area contributed by atoms with E-state index >= 15 is 0 Å². The maximum absolute atomic E-state index is 14.2. The molecule has 0 N–H and O–H groups in total. The molecule has 26 heavy (non-hydrogen) atoms. The highest BCUT2D eigenvalue weighted by molar-refractivity contribution is 5.74. The van der Waals surface area contributed by atoms with Crippen molar-refractivity contribution in [3.63, 3.8) is 0 Å². The molecular weight excluding hydrogens is 358 g/mol. The van der Waals surface area contributed by atoms with Crippen LogP contribution in [0.25, 0.3) is 0 Å². The fourth-order valence-electron chi connectivity index (χ4n) is 3.08. The van der Waals surface area contributed by atoms with E-state index in [-0.39, 0.29) is 5.56 Å². The average Bonchev–Trinajstić information content (AvgIpc) is 2.91. The average molecular weight is 373 g/mol. The molecule has 3 rings (SSSR count). The lowest BCUT2D eigenvalue weighted by Crippen LogP contribution is -2.35. The zero-order valence-corrected chi connectivity index (χ0v) is 13.7. The van der Waals surface area contributed by atoms with Crippen LogP contribution in [0.3, 0.4) is 0 Å². The molecule has 140 valence electrons. The molecule has 1 aliphatic heterocycles. The first-order valence-electron chi connectivity index (χ1n) is 7.84. The second-order valence-electron chi connectivity index (χ2n) is 5.93. The Morgan fingerprint density at radius 1 is 1.38 bits per heavy atom. The summed E-state index contributed by atoms with van der Waals surface area (Å²) >= 11 is 0. The molecule has 0 amide bonds. The summed E-state index contributed by atoms with van der Waals surface area (Å²) in [6, 6.07) is 2.02. The van der Waals surface area contributed by atoms with E-state index in [1.54, 1.807) is 0 Å². The molecule has 0 saturated carbocycles. The molecule has 0 radical (unpaired) electrons. The Kier molecular flexibility index (Phi) is 4.59. The topological polar surface area (TPSA) is 66.1 Å². The number of aromatic nitrogens is 3. The summed E-state index contributed by atoms with van der Waals surface area (Å²) in [7, 11) is 1.20. The molecule has 2 aromatic rings. The third kappa shape index (κ3) is 3.11. The van der Waals surface area contributed by atoms with Crippen LogP contribution in [0.5, 0.6) is 0 Å². The van der Waals surface area contributed by atoms with Crippen molar-refractivity contribution in [1.82, 2.24) is 14.3 Å². The van der Waals surface area contributed by atoms with Gasteiger partial charge in [-0.2, -0.15) is 18.3 Å². The van der Waals surface area contributed by atoms with Crippen molar-refractivity contribution >= 4 is 5.97 Å². The summed E-state index contributed by atoms with van der Waals surface area (Å²) < 4.78 is 59.4. The molecule has 10 heteroatoms. The van der Waals surface area contributed by atoms with Crippen LogP contribution in [-0.4, -0.2) is 27.4 Å². The third-order valence-electron chi connectivity index (χ3n) is 4.31. The van der Waals surface area contributed by atoms with E-state index in [0.717, 1.165) is 16.8 Å². The monoisotopic (exact) mass is 373 g/mol. The maximum Gasteiger partial charge on any atom is 0.419 e. The number of hydrogen-bond acceptors (Lipinski definition) is 4. The molecule has 0 fully saturated rings. The van der Waals surface area contributed by atoms with Gasteiger partial charge in [-0.15, -0.1) is 0 Å². The van der Waals surface area contributed by atoms with Gasteiger partial charge in [0.15, 0.2) is 0 Å². The van der Waals surface area contributed by atoms with Crippen LogP contribution in [0.15, 0.2) is 23.0 Å². The molecule has 0 spiro atoms. The predicted octanol–water partition coefficient (Wildman–Crippen LogP) is 2.30. The lowest BCUT2D eigenvalue weighted by molar-refractivity contribution is -0.145. The molecule has 6 nitrogen and oxygen atoms in total. The zero-order valence-electron chi connectivity index (χ0n) is 13.7. The summed E-state index contributed by atoms with van der Waals surface area (Å²) in [5.41, 5.74) is -2.40. The van der Waals surface area contributed by atoms with Crippen LogP contribution >= 0.6 is 0 Å². The minimum Gasteiger partial charge on any atom is -0.467 e. The number of ether oxygens (including phenoxy) is 1. The highest BCUT2D eigenvalue weighted by Gasteiger charge is 2.35. The molecule has 0 saturated heterocycles. The van der Waals surface area contributed by atoms with Crippen molar-refractivity contribution < 1.29 is 27.1 Å². The highest BCUT2D eigenvalue weighted by atomic mass is 19.4. The minimum atomic E-state index is -4.84. The van der Waals surface area contributed by atoms with Gasteiger partial charge in [-0.25, -0.2) is 18.7 Å². The van der Waals surface area contributed by atoms with E-state index in [0.29, 0.717) is 31.2 Å². The second kappa shape index (κ2) is 6.58. The Balaban J connectivity index is 2.00. The number of rotatable bonds is 3. The van der Waals surface area contributed by atoms with Crippen molar-refractivity contribution in [2.75, 3.05) is 7.11 Å². The fraction of sp³-hybridized carbons (Fsp3) is 0.438. The number of nitrogens with zero attached hydrogens (tertiary/aromatic N) is 3. The van der Waals surface area contributed by atoms with Crippen LogP contribution in [0.1, 0.15) is 35.8 Å². The minimum absolute atomic E-state index is 0.313. The first-order valence-corrected chi connectivity index (χ1v) is 7.84. The van der Waals surface area contributed by atoms with Gasteiger partial charge in [0.2, 0.25) is 0 Å². The second-order valence-corrected chi connectivity index (χ2v) is 5.93. The van der Waals surface area contributed by atoms with Gasteiger partial charge < -0.3 is 4.74 Å². The molecule has 0 unspecified atom stereocenters. The Hall–Kier alpha value is -2.65. The number of aryl methyl sites for hydroxylation is 1. The van der Waals surface area contributed by atoms with E-state index < -0.39 is 41.8 Å². The Morgan fingerprint density at radius 2 is 2.12 bits per heavy atom. The quantitative estimate of drug-likeness (QED) is 0.612. The number of halogens is 4. The molecule has 1 aromatic heterocycles. The van der Waals surface area contributed by atoms with Crippen LogP contribution in [0.4, 0.5) is 17.6 Å². The van der Waals surface area contributed by atoms with Gasteiger partial charge >= 0.3 is 17.8 Å². The van der Waals surface area contributed by atoms with Gasteiger partial charge in [0.25, 0.3) is 0 Å². The van der Waals surface area contributed by atoms with E-state index in [9.17, 15) is 27.2 Å². The third-order valence-corrected chi connectivity index (χ3v) is 4.31. The van der Waals surface area contributed by atoms with Crippen molar-refractivity contribution in [1.29, 1.82) is 0 Å². The lowest BCUT2D eigenvalue weighted by atomic mass is 10.1. The van der Waals surface area contributed by atoms with Gasteiger partial charge in [-0.1, -0.05) is 12.1 Å². The first kappa shape index (κ1) is 18.2. The van der Waals surface area contributed by atoms with Crippen molar-refractivity contribution in [3.05, 3.63) is 51.5 Å². The van der Waals surface area contributed by atoms with E-state index in [1.807, 2.05) is 0 Å². The molecule has 1 aliphatic rings. The predicted molar refractivity (Wildman–Crippen MR) is 81.0 cm³/mol. The van der Waals surface area contributed by atoms with Gasteiger partial charge in [0, 0.05) is 12.0 Å². The largest absolute Gasteiger partial charge is 0.467 e. The molecule has 2 heterocycles. The SMILES string of the molecule is COC(=O)[C@H]1CCCc2nn(Cc3cccc(C(F)(F)F)c3F)c(=O)n21.